The van der Waals surface area contributed by atoms with E-state index in [-0.39, 0.29) is 106 Å². The van der Waals surface area contributed by atoms with Gasteiger partial charge in [-0.1, -0.05) is 88.4 Å². The number of ether oxygens (including phenoxy) is 1. The molecule has 366 valence electrons. The number of amides is 3. The standard InChI is InChI=1S/C22H34N4O5S.C16H17NO2.C3H8S.C2H5O.C2H5.CH4O.CH3.Os/c1-4-5-6-20(28)26-19-10-15(13-27)18(11-17(19)22(30)31)24-12-16(9-14(2)23-3)25-21(29)7-8-32;1-12-7-5-6-10-14(12)15(11-19-16(17)18)13-8-3-2-4-9-13;1-3(2)4;1-2-3;2*1-2;;/h10-11,13-14,16,23-24,32H,4-9,12H2,1-3H3,(H,25,29)(H,26,28)(H,30,31);2-10,15H,11H2,1H3,(H2,17,18);3-4H,1-2H3;3H,1-2H2;1H2,2H3;2H,1H3;1H3;/q;;;2*-1;;-1;. The first-order chi connectivity index (χ1) is 29.6. The summed E-state index contributed by atoms with van der Waals surface area (Å²) in [4.78, 5) is 58.4. The molecule has 0 bridgehead atoms. The molecule has 0 aliphatic heterocycles. The van der Waals surface area contributed by atoms with E-state index in [4.69, 9.17) is 20.7 Å². The van der Waals surface area contributed by atoms with Crippen molar-refractivity contribution in [1.29, 1.82) is 0 Å². The van der Waals surface area contributed by atoms with Gasteiger partial charge in [0.2, 0.25) is 11.8 Å². The van der Waals surface area contributed by atoms with Crippen LogP contribution in [0.5, 0.6) is 0 Å². The number of aromatic carboxylic acids is 1. The average molecular weight is 1110 g/mol. The topological polar surface area (TPSA) is 229 Å². The van der Waals surface area contributed by atoms with Gasteiger partial charge in [-0.05, 0) is 73.6 Å². The molecule has 3 rings (SSSR count). The third kappa shape index (κ3) is 32.6. The van der Waals surface area contributed by atoms with E-state index in [1.807, 2.05) is 77.2 Å². The largest absolute Gasteiger partial charge is 0.478 e. The molecule has 0 aliphatic carbocycles. The van der Waals surface area contributed by atoms with Crippen molar-refractivity contribution < 1.29 is 63.8 Å². The van der Waals surface area contributed by atoms with Crippen LogP contribution in [-0.2, 0) is 34.1 Å². The molecule has 3 amide bonds. The van der Waals surface area contributed by atoms with Crippen LogP contribution >= 0.6 is 25.3 Å². The minimum atomic E-state index is -1.22. The van der Waals surface area contributed by atoms with E-state index in [1.165, 1.54) is 17.7 Å². The van der Waals surface area contributed by atoms with Gasteiger partial charge in [-0.25, -0.2) is 9.59 Å². The van der Waals surface area contributed by atoms with Gasteiger partial charge < -0.3 is 68.3 Å². The molecule has 3 aromatic rings. The Hall–Kier alpha value is -3.97. The second-order valence-electron chi connectivity index (χ2n) is 13.4. The van der Waals surface area contributed by atoms with Gasteiger partial charge in [-0.3, -0.25) is 14.4 Å². The first kappa shape index (κ1) is 69.1. The predicted molar refractivity (Wildman–Crippen MR) is 266 cm³/mol. The van der Waals surface area contributed by atoms with Gasteiger partial charge in [0, 0.05) is 75.5 Å². The Labute approximate surface area is 407 Å². The van der Waals surface area contributed by atoms with E-state index in [9.17, 15) is 29.1 Å². The van der Waals surface area contributed by atoms with Crippen LogP contribution in [0.2, 0.25) is 0 Å². The van der Waals surface area contributed by atoms with Crippen LogP contribution in [0.4, 0.5) is 16.2 Å². The molecule has 14 nitrogen and oxygen atoms in total. The van der Waals surface area contributed by atoms with E-state index >= 15 is 0 Å². The Balaban J connectivity index is -0.000000307. The molecule has 0 aromatic heterocycles. The maximum absolute atomic E-state index is 12.1. The third-order valence-corrected chi connectivity index (χ3v) is 8.33. The number of aryl methyl sites for hydroxylation is 1. The molecule has 0 radical (unpaired) electrons. The Morgan fingerprint density at radius 1 is 0.938 bits per heavy atom. The molecule has 0 fully saturated rings. The van der Waals surface area contributed by atoms with Crippen molar-refractivity contribution in [3.05, 3.63) is 116 Å². The summed E-state index contributed by atoms with van der Waals surface area (Å²) >= 11 is 8.04. The number of hydrogen-bond acceptors (Lipinski definition) is 12. The summed E-state index contributed by atoms with van der Waals surface area (Å²) in [5.74, 6) is -1.23. The molecular formula is C47H76N5O9OsS2-3. The number of aldehydes is 1. The van der Waals surface area contributed by atoms with E-state index < -0.39 is 12.1 Å². The molecule has 0 saturated carbocycles. The number of carboxylic acids is 1. The van der Waals surface area contributed by atoms with Crippen molar-refractivity contribution in [2.24, 2.45) is 5.73 Å². The summed E-state index contributed by atoms with van der Waals surface area (Å²) in [6.45, 7) is 18.6. The van der Waals surface area contributed by atoms with Crippen molar-refractivity contribution in [3.63, 3.8) is 0 Å². The number of nitrogens with two attached hydrogens (primary N) is 1. The molecule has 9 N–H and O–H groups in total. The molecule has 3 unspecified atom stereocenters. The number of aliphatic hydroxyl groups is 2. The van der Waals surface area contributed by atoms with Gasteiger partial charge in [0.15, 0.2) is 6.29 Å². The quantitative estimate of drug-likeness (QED) is 0.0316. The number of unbranched alkanes of at least 4 members (excludes halogenated alkanes) is 1. The minimum Gasteiger partial charge on any atom is -0.478 e. The average Bonchev–Trinajstić information content (AvgIpc) is 3.24. The SMILES string of the molecule is CC(C)S.CCCCC(=O)Nc1cc(C=O)c(NCC(CC(C)NC)NC(=O)CCS)cc1C(=O)O.CO.Cc1ccccc1C(COC(N)=O)c1ccccc1.[CH2-]C.[CH2-]CO.[CH3-].[Os]. The second-order valence-corrected chi connectivity index (χ2v) is 14.9. The number of primary amides is 1. The Morgan fingerprint density at radius 2 is 1.48 bits per heavy atom. The first-order valence-electron chi connectivity index (χ1n) is 20.3. The number of rotatable bonds is 19. The first-order valence-corrected chi connectivity index (χ1v) is 21.5. The molecule has 0 saturated heterocycles. The summed E-state index contributed by atoms with van der Waals surface area (Å²) < 4.78 is 5.01. The van der Waals surface area contributed by atoms with Gasteiger partial charge in [0.1, 0.15) is 6.61 Å². The van der Waals surface area contributed by atoms with Crippen LogP contribution in [0.15, 0.2) is 66.7 Å². The number of benzene rings is 3. The summed E-state index contributed by atoms with van der Waals surface area (Å²) in [7, 11) is 2.82. The molecule has 0 aliphatic rings. The maximum Gasteiger partial charge on any atom is 0.404 e. The molecular weight excluding hydrogens is 1030 g/mol. The Kier molecular flexibility index (Phi) is 47.7. The zero-order valence-electron chi connectivity index (χ0n) is 39.1. The van der Waals surface area contributed by atoms with Crippen LogP contribution in [0, 0.1) is 28.2 Å². The number of hydrogen-bond donors (Lipinski definition) is 10. The van der Waals surface area contributed by atoms with E-state index in [2.05, 4.69) is 79.4 Å². The summed E-state index contributed by atoms with van der Waals surface area (Å²) in [5.41, 5.74) is 8.98. The van der Waals surface area contributed by atoms with E-state index in [0.717, 1.165) is 24.7 Å². The molecule has 3 aromatic carbocycles. The number of nitrogens with one attached hydrogen (secondary N) is 4. The fourth-order valence-electron chi connectivity index (χ4n) is 5.26. The summed E-state index contributed by atoms with van der Waals surface area (Å²) in [6, 6.07) is 20.6. The van der Waals surface area contributed by atoms with Gasteiger partial charge in [-0.15, -0.1) is 0 Å². The monoisotopic (exact) mass is 1110 g/mol. The maximum atomic E-state index is 12.1. The number of carboxylic acid groups (broad SMARTS) is 1. The fraction of sp³-hybridized carbons (Fsp3) is 0.447. The van der Waals surface area contributed by atoms with Crippen LogP contribution in [0.1, 0.15) is 110 Å². The van der Waals surface area contributed by atoms with Crippen molar-refractivity contribution in [2.75, 3.05) is 50.3 Å². The molecule has 17 heteroatoms. The normalized spacial score (nSPS) is 10.8. The van der Waals surface area contributed by atoms with Crippen LogP contribution in [0.25, 0.3) is 0 Å². The summed E-state index contributed by atoms with van der Waals surface area (Å²) in [6.07, 6.45) is 2.54. The predicted octanol–water partition coefficient (Wildman–Crippen LogP) is 7.80. The van der Waals surface area contributed by atoms with Gasteiger partial charge in [0.05, 0.1) is 11.3 Å². The Bertz CT molecular complexity index is 1670. The molecule has 0 heterocycles. The summed E-state index contributed by atoms with van der Waals surface area (Å²) in [5, 5.41) is 36.3. The molecule has 64 heavy (non-hydrogen) atoms. The number of anilines is 2. The fourth-order valence-corrected chi connectivity index (χ4v) is 5.47. The van der Waals surface area contributed by atoms with Gasteiger partial charge in [0.25, 0.3) is 0 Å². The number of carbonyl (C=O) groups is 5. The molecule has 0 spiro atoms. The van der Waals surface area contributed by atoms with Crippen molar-refractivity contribution >= 4 is 66.8 Å². The zero-order valence-corrected chi connectivity index (χ0v) is 43.5. The van der Waals surface area contributed by atoms with Crippen molar-refractivity contribution in [1.82, 2.24) is 10.6 Å². The smallest absolute Gasteiger partial charge is 0.404 e. The van der Waals surface area contributed by atoms with Gasteiger partial charge in [-0.2, -0.15) is 32.2 Å². The van der Waals surface area contributed by atoms with E-state index in [0.29, 0.717) is 35.8 Å². The van der Waals surface area contributed by atoms with Crippen LogP contribution < -0.4 is 27.0 Å². The zero-order chi connectivity index (χ0) is 48.0. The number of thiol groups is 2. The molecule has 3 atom stereocenters. The van der Waals surface area contributed by atoms with Crippen LogP contribution in [-0.4, -0.2) is 102 Å². The second kappa shape index (κ2) is 44.2. The van der Waals surface area contributed by atoms with Crippen molar-refractivity contribution in [2.45, 2.75) is 96.9 Å². The van der Waals surface area contributed by atoms with Gasteiger partial charge >= 0.3 is 12.1 Å². The third-order valence-electron chi connectivity index (χ3n) is 8.11. The van der Waals surface area contributed by atoms with Crippen LogP contribution in [0.3, 0.4) is 0 Å². The number of carbonyl (C=O) groups excluding carboxylic acids is 4. The number of aliphatic hydroxyl groups excluding tert-OH is 2. The minimum absolute atomic E-state index is 0. The van der Waals surface area contributed by atoms with E-state index in [1.54, 1.807) is 6.92 Å². The van der Waals surface area contributed by atoms with Crippen molar-refractivity contribution in [3.8, 4) is 0 Å². The Morgan fingerprint density at radius 3 is 1.95 bits per heavy atom.